The van der Waals surface area contributed by atoms with Crippen LogP contribution in [0.3, 0.4) is 0 Å². The number of hydrogen-bond acceptors (Lipinski definition) is 5. The van der Waals surface area contributed by atoms with Crippen LogP contribution in [0.1, 0.15) is 57.0 Å². The summed E-state index contributed by atoms with van der Waals surface area (Å²) in [7, 11) is 0. The second-order valence-corrected chi connectivity index (χ2v) is 7.23. The maximum Gasteiger partial charge on any atom is 0.318 e. The Balaban J connectivity index is 1.78. The third-order valence-corrected chi connectivity index (χ3v) is 4.73. The van der Waals surface area contributed by atoms with E-state index in [1.807, 2.05) is 44.2 Å². The second kappa shape index (κ2) is 8.83. The Bertz CT molecular complexity index is 691. The van der Waals surface area contributed by atoms with Crippen molar-refractivity contribution in [3.05, 3.63) is 41.8 Å². The van der Waals surface area contributed by atoms with Crippen LogP contribution in [0.4, 0.5) is 6.01 Å². The van der Waals surface area contributed by atoms with E-state index in [4.69, 9.17) is 4.42 Å². The van der Waals surface area contributed by atoms with E-state index in [1.165, 1.54) is 12.8 Å². The Labute approximate surface area is 155 Å². The SMILES string of the molecule is CC(C)C(=O)N[C@H](Cc1ccccc1)c1nnc(N2CCCCCC2)o1. The first-order valence-corrected chi connectivity index (χ1v) is 9.56. The Morgan fingerprint density at radius 3 is 2.46 bits per heavy atom. The van der Waals surface area contributed by atoms with Crippen molar-refractivity contribution in [2.75, 3.05) is 18.0 Å². The summed E-state index contributed by atoms with van der Waals surface area (Å²) >= 11 is 0. The zero-order valence-electron chi connectivity index (χ0n) is 15.6. The fourth-order valence-corrected chi connectivity index (χ4v) is 3.15. The number of rotatable bonds is 6. The molecule has 2 heterocycles. The van der Waals surface area contributed by atoms with Gasteiger partial charge in [-0.1, -0.05) is 62.1 Å². The van der Waals surface area contributed by atoms with Crippen LogP contribution in [0.15, 0.2) is 34.7 Å². The summed E-state index contributed by atoms with van der Waals surface area (Å²) in [4.78, 5) is 14.4. The summed E-state index contributed by atoms with van der Waals surface area (Å²) in [5.41, 5.74) is 1.12. The van der Waals surface area contributed by atoms with Gasteiger partial charge in [0.05, 0.1) is 0 Å². The lowest BCUT2D eigenvalue weighted by Crippen LogP contribution is -2.33. The van der Waals surface area contributed by atoms with Gasteiger partial charge in [0.15, 0.2) is 0 Å². The van der Waals surface area contributed by atoms with Gasteiger partial charge in [-0.05, 0) is 18.4 Å². The molecule has 0 spiro atoms. The Morgan fingerprint density at radius 2 is 1.81 bits per heavy atom. The van der Waals surface area contributed by atoms with E-state index < -0.39 is 0 Å². The Morgan fingerprint density at radius 1 is 1.12 bits per heavy atom. The van der Waals surface area contributed by atoms with Gasteiger partial charge in [-0.25, -0.2) is 0 Å². The van der Waals surface area contributed by atoms with Crippen molar-refractivity contribution in [3.8, 4) is 0 Å². The van der Waals surface area contributed by atoms with Crippen LogP contribution in [-0.4, -0.2) is 29.2 Å². The molecule has 0 bridgehead atoms. The third kappa shape index (κ3) is 4.84. The van der Waals surface area contributed by atoms with Crippen molar-refractivity contribution in [3.63, 3.8) is 0 Å². The molecule has 0 radical (unpaired) electrons. The molecule has 6 heteroatoms. The molecule has 1 aromatic carbocycles. The minimum absolute atomic E-state index is 0.0135. The highest BCUT2D eigenvalue weighted by Crippen LogP contribution is 2.23. The number of anilines is 1. The zero-order valence-corrected chi connectivity index (χ0v) is 15.6. The number of carbonyl (C=O) groups is 1. The Kier molecular flexibility index (Phi) is 6.26. The van der Waals surface area contributed by atoms with Gasteiger partial charge < -0.3 is 14.6 Å². The van der Waals surface area contributed by atoms with Gasteiger partial charge in [0.1, 0.15) is 6.04 Å². The van der Waals surface area contributed by atoms with Crippen LogP contribution in [-0.2, 0) is 11.2 Å². The van der Waals surface area contributed by atoms with E-state index >= 15 is 0 Å². The van der Waals surface area contributed by atoms with Crippen LogP contribution in [0.2, 0.25) is 0 Å². The van der Waals surface area contributed by atoms with Crippen LogP contribution in [0.5, 0.6) is 0 Å². The van der Waals surface area contributed by atoms with Crippen molar-refractivity contribution < 1.29 is 9.21 Å². The number of nitrogens with zero attached hydrogens (tertiary/aromatic N) is 3. The van der Waals surface area contributed by atoms with Crippen LogP contribution in [0.25, 0.3) is 0 Å². The average molecular weight is 356 g/mol. The molecule has 140 valence electrons. The number of hydrogen-bond donors (Lipinski definition) is 1. The molecule has 1 fully saturated rings. The van der Waals surface area contributed by atoms with Crippen molar-refractivity contribution in [1.29, 1.82) is 0 Å². The van der Waals surface area contributed by atoms with Crippen molar-refractivity contribution in [2.24, 2.45) is 5.92 Å². The molecule has 0 unspecified atom stereocenters. The highest BCUT2D eigenvalue weighted by atomic mass is 16.4. The monoisotopic (exact) mass is 356 g/mol. The fraction of sp³-hybridized carbons (Fsp3) is 0.550. The molecule has 3 rings (SSSR count). The van der Waals surface area contributed by atoms with Gasteiger partial charge in [0, 0.05) is 25.4 Å². The molecular formula is C20H28N4O2. The van der Waals surface area contributed by atoms with E-state index in [0.717, 1.165) is 31.5 Å². The second-order valence-electron chi connectivity index (χ2n) is 7.23. The smallest absolute Gasteiger partial charge is 0.318 e. The largest absolute Gasteiger partial charge is 0.406 e. The molecule has 6 nitrogen and oxygen atoms in total. The lowest BCUT2D eigenvalue weighted by atomic mass is 10.0. The number of carbonyl (C=O) groups excluding carboxylic acids is 1. The number of nitrogens with one attached hydrogen (secondary N) is 1. The van der Waals surface area contributed by atoms with Crippen LogP contribution >= 0.6 is 0 Å². The van der Waals surface area contributed by atoms with Gasteiger partial charge in [-0.15, -0.1) is 5.10 Å². The summed E-state index contributed by atoms with van der Waals surface area (Å²) in [6.45, 7) is 5.66. The summed E-state index contributed by atoms with van der Waals surface area (Å²) in [6, 6.07) is 10.3. The molecule has 1 aliphatic rings. The predicted molar refractivity (Wildman–Crippen MR) is 101 cm³/mol. The van der Waals surface area contributed by atoms with Crippen molar-refractivity contribution in [1.82, 2.24) is 15.5 Å². The lowest BCUT2D eigenvalue weighted by Gasteiger charge is -2.18. The highest BCUT2D eigenvalue weighted by molar-refractivity contribution is 5.78. The molecule has 1 N–H and O–H groups in total. The van der Waals surface area contributed by atoms with Gasteiger partial charge in [-0.3, -0.25) is 4.79 Å². The minimum Gasteiger partial charge on any atom is -0.406 e. The zero-order chi connectivity index (χ0) is 18.4. The molecule has 0 aliphatic carbocycles. The molecule has 26 heavy (non-hydrogen) atoms. The number of benzene rings is 1. The first-order chi connectivity index (χ1) is 12.6. The summed E-state index contributed by atoms with van der Waals surface area (Å²) in [5, 5.41) is 11.6. The van der Waals surface area contributed by atoms with Crippen molar-refractivity contribution >= 4 is 11.9 Å². The molecule has 0 saturated carbocycles. The fourth-order valence-electron chi connectivity index (χ4n) is 3.15. The first kappa shape index (κ1) is 18.4. The standard InChI is InChI=1S/C20H28N4O2/c1-15(2)18(25)21-17(14-16-10-6-5-7-11-16)19-22-23-20(26-19)24-12-8-3-4-9-13-24/h5-7,10-11,15,17H,3-4,8-9,12-14H2,1-2H3,(H,21,25)/t17-/m1/s1. The molecule has 1 amide bonds. The predicted octanol–water partition coefficient (Wildman–Crippen LogP) is 3.51. The van der Waals surface area contributed by atoms with Crippen LogP contribution in [0, 0.1) is 5.92 Å². The highest BCUT2D eigenvalue weighted by Gasteiger charge is 2.24. The van der Waals surface area contributed by atoms with E-state index in [-0.39, 0.29) is 17.9 Å². The van der Waals surface area contributed by atoms with Crippen LogP contribution < -0.4 is 10.2 Å². The number of aromatic nitrogens is 2. The topological polar surface area (TPSA) is 71.3 Å². The molecule has 1 atom stereocenters. The van der Waals surface area contributed by atoms with Gasteiger partial charge in [-0.2, -0.15) is 0 Å². The molecule has 2 aromatic rings. The summed E-state index contributed by atoms with van der Waals surface area (Å²) in [5.74, 6) is 0.365. The van der Waals surface area contributed by atoms with Gasteiger partial charge in [0.2, 0.25) is 11.8 Å². The van der Waals surface area contributed by atoms with E-state index in [0.29, 0.717) is 18.3 Å². The van der Waals surface area contributed by atoms with E-state index in [2.05, 4.69) is 20.4 Å². The Hall–Kier alpha value is -2.37. The van der Waals surface area contributed by atoms with E-state index in [9.17, 15) is 4.79 Å². The number of amides is 1. The summed E-state index contributed by atoms with van der Waals surface area (Å²) in [6.07, 6.45) is 5.42. The maximum absolute atomic E-state index is 12.3. The summed E-state index contributed by atoms with van der Waals surface area (Å²) < 4.78 is 5.98. The molecule has 1 aliphatic heterocycles. The average Bonchev–Trinajstić information content (AvgIpc) is 2.97. The normalized spacial score (nSPS) is 16.3. The maximum atomic E-state index is 12.3. The van der Waals surface area contributed by atoms with Gasteiger partial charge in [0.25, 0.3) is 0 Å². The lowest BCUT2D eigenvalue weighted by molar-refractivity contribution is -0.124. The third-order valence-electron chi connectivity index (χ3n) is 4.73. The van der Waals surface area contributed by atoms with Crippen molar-refractivity contribution in [2.45, 2.75) is 52.0 Å². The molecule has 1 aromatic heterocycles. The first-order valence-electron chi connectivity index (χ1n) is 9.56. The quantitative estimate of drug-likeness (QED) is 0.858. The minimum atomic E-state index is -0.319. The molecule has 1 saturated heterocycles. The van der Waals surface area contributed by atoms with Gasteiger partial charge >= 0.3 is 6.01 Å². The van der Waals surface area contributed by atoms with E-state index in [1.54, 1.807) is 0 Å². The molecular weight excluding hydrogens is 328 g/mol.